The van der Waals surface area contributed by atoms with Crippen LogP contribution in [0, 0.1) is 0 Å². The number of nitrogens with zero attached hydrogens (tertiary/aromatic N) is 2. The zero-order valence-electron chi connectivity index (χ0n) is 10.8. The second kappa shape index (κ2) is 6.95. The summed E-state index contributed by atoms with van der Waals surface area (Å²) in [7, 11) is 0. The predicted octanol–water partition coefficient (Wildman–Crippen LogP) is -0.577. The molecule has 0 saturated carbocycles. The molecule has 0 bridgehead atoms. The third-order valence-corrected chi connectivity index (χ3v) is 2.68. The molecule has 7 heteroatoms. The zero-order valence-corrected chi connectivity index (χ0v) is 10.8. The number of rotatable bonds is 7. The zero-order chi connectivity index (χ0) is 13.5. The predicted molar refractivity (Wildman–Crippen MR) is 63.9 cm³/mol. The molecule has 18 heavy (non-hydrogen) atoms. The molecule has 0 aromatic carbocycles. The number of ether oxygens (including phenoxy) is 1. The molecule has 102 valence electrons. The van der Waals surface area contributed by atoms with Crippen molar-refractivity contribution in [1.82, 2.24) is 15.1 Å². The Morgan fingerprint density at radius 1 is 1.44 bits per heavy atom. The highest BCUT2D eigenvalue weighted by Crippen LogP contribution is 2.00. The highest BCUT2D eigenvalue weighted by atomic mass is 16.5. The van der Waals surface area contributed by atoms with E-state index in [0.29, 0.717) is 19.7 Å². The first kappa shape index (κ1) is 14.4. The van der Waals surface area contributed by atoms with Gasteiger partial charge in [-0.2, -0.15) is 0 Å². The van der Waals surface area contributed by atoms with Gasteiger partial charge in [-0.05, 0) is 13.5 Å². The molecule has 0 unspecified atom stereocenters. The van der Waals surface area contributed by atoms with Crippen molar-refractivity contribution in [3.63, 3.8) is 0 Å². The lowest BCUT2D eigenvalue weighted by Gasteiger charge is -2.21. The van der Waals surface area contributed by atoms with Crippen LogP contribution < -0.4 is 5.32 Å². The smallest absolute Gasteiger partial charge is 0.324 e. The van der Waals surface area contributed by atoms with E-state index in [1.165, 1.54) is 0 Å². The summed E-state index contributed by atoms with van der Waals surface area (Å²) in [6, 6.07) is -0.368. The van der Waals surface area contributed by atoms with Crippen molar-refractivity contribution in [2.45, 2.75) is 13.8 Å². The molecule has 0 aliphatic carbocycles. The monoisotopic (exact) mass is 257 g/mol. The third kappa shape index (κ3) is 3.99. The summed E-state index contributed by atoms with van der Waals surface area (Å²) < 4.78 is 4.85. The number of imide groups is 1. The minimum absolute atomic E-state index is 0.0584. The summed E-state index contributed by atoms with van der Waals surface area (Å²) in [6.07, 6.45) is 0. The van der Waals surface area contributed by atoms with Crippen LogP contribution in [0.25, 0.3) is 0 Å². The fraction of sp³-hybridized carbons (Fsp3) is 0.727. The Labute approximate surface area is 106 Å². The van der Waals surface area contributed by atoms with Crippen molar-refractivity contribution >= 4 is 17.9 Å². The average molecular weight is 257 g/mol. The minimum Gasteiger partial charge on any atom is -0.465 e. The molecule has 1 heterocycles. The summed E-state index contributed by atoms with van der Waals surface area (Å²) in [4.78, 5) is 36.9. The van der Waals surface area contributed by atoms with Gasteiger partial charge < -0.3 is 10.1 Å². The van der Waals surface area contributed by atoms with Gasteiger partial charge in [0.1, 0.15) is 0 Å². The number of carbonyl (C=O) groups excluding carboxylic acids is 3. The quantitative estimate of drug-likeness (QED) is 0.488. The van der Waals surface area contributed by atoms with Crippen molar-refractivity contribution in [3.05, 3.63) is 0 Å². The van der Waals surface area contributed by atoms with Crippen LogP contribution in [0.3, 0.4) is 0 Å². The number of urea groups is 1. The maximum Gasteiger partial charge on any atom is 0.324 e. The summed E-state index contributed by atoms with van der Waals surface area (Å²) in [5.74, 6) is -0.524. The Kier molecular flexibility index (Phi) is 5.57. The first-order chi connectivity index (χ1) is 8.58. The molecule has 0 radical (unpaired) electrons. The number of esters is 1. The Hall–Kier alpha value is -1.63. The lowest BCUT2D eigenvalue weighted by Crippen LogP contribution is -2.40. The summed E-state index contributed by atoms with van der Waals surface area (Å²) in [5.41, 5.74) is 0. The molecule has 1 aliphatic heterocycles. The van der Waals surface area contributed by atoms with Crippen molar-refractivity contribution < 1.29 is 19.1 Å². The number of hydrogen-bond donors (Lipinski definition) is 1. The van der Waals surface area contributed by atoms with E-state index >= 15 is 0 Å². The molecule has 1 aliphatic rings. The lowest BCUT2D eigenvalue weighted by atomic mass is 10.4. The fourth-order valence-electron chi connectivity index (χ4n) is 1.66. The fourth-order valence-corrected chi connectivity index (χ4v) is 1.66. The van der Waals surface area contributed by atoms with Crippen molar-refractivity contribution in [2.24, 2.45) is 0 Å². The van der Waals surface area contributed by atoms with Gasteiger partial charge in [-0.25, -0.2) is 4.79 Å². The van der Waals surface area contributed by atoms with Crippen LogP contribution in [-0.2, 0) is 14.3 Å². The topological polar surface area (TPSA) is 79.0 Å². The van der Waals surface area contributed by atoms with Gasteiger partial charge in [-0.15, -0.1) is 0 Å². The molecule has 1 rings (SSSR count). The van der Waals surface area contributed by atoms with Crippen LogP contribution in [0.2, 0.25) is 0 Å². The van der Waals surface area contributed by atoms with Crippen LogP contribution >= 0.6 is 0 Å². The van der Waals surface area contributed by atoms with E-state index in [-0.39, 0.29) is 37.5 Å². The first-order valence-corrected chi connectivity index (χ1v) is 6.04. The van der Waals surface area contributed by atoms with Crippen LogP contribution in [0.5, 0.6) is 0 Å². The molecule has 0 spiro atoms. The van der Waals surface area contributed by atoms with Crippen LogP contribution in [0.4, 0.5) is 4.79 Å². The molecule has 7 nitrogen and oxygen atoms in total. The van der Waals surface area contributed by atoms with Crippen LogP contribution in [0.1, 0.15) is 13.8 Å². The third-order valence-electron chi connectivity index (χ3n) is 2.68. The molecule has 0 aromatic heterocycles. The van der Waals surface area contributed by atoms with Gasteiger partial charge in [0.2, 0.25) is 5.91 Å². The summed E-state index contributed by atoms with van der Waals surface area (Å²) in [6.45, 7) is 5.65. The van der Waals surface area contributed by atoms with Gasteiger partial charge in [0.05, 0.1) is 19.7 Å². The maximum atomic E-state index is 11.3. The molecule has 0 aromatic rings. The summed E-state index contributed by atoms with van der Waals surface area (Å²) in [5, 5.41) is 2.45. The van der Waals surface area contributed by atoms with Gasteiger partial charge in [-0.3, -0.25) is 19.4 Å². The Morgan fingerprint density at radius 3 is 2.67 bits per heavy atom. The van der Waals surface area contributed by atoms with E-state index in [1.807, 2.05) is 11.8 Å². The number of likely N-dealkylation sites (N-methyl/N-ethyl adjacent to an activating group) is 1. The van der Waals surface area contributed by atoms with E-state index < -0.39 is 0 Å². The Bertz CT molecular complexity index is 316. The molecular weight excluding hydrogens is 238 g/mol. The number of nitrogens with one attached hydrogen (secondary N) is 1. The van der Waals surface area contributed by atoms with Gasteiger partial charge >= 0.3 is 12.0 Å². The molecule has 1 N–H and O–H groups in total. The highest BCUT2D eigenvalue weighted by Gasteiger charge is 2.28. The lowest BCUT2D eigenvalue weighted by molar-refractivity contribution is -0.144. The number of hydrogen-bond acceptors (Lipinski definition) is 5. The molecule has 1 fully saturated rings. The van der Waals surface area contributed by atoms with Crippen LogP contribution in [0.15, 0.2) is 0 Å². The second-order valence-electron chi connectivity index (χ2n) is 3.88. The Balaban J connectivity index is 2.37. The average Bonchev–Trinajstić information content (AvgIpc) is 2.65. The first-order valence-electron chi connectivity index (χ1n) is 6.04. The largest absolute Gasteiger partial charge is 0.465 e. The SMILES string of the molecule is CCOC(=O)CN(CC)CCN1C(=O)CNC1=O. The van der Waals surface area contributed by atoms with Gasteiger partial charge in [0, 0.05) is 13.1 Å². The Morgan fingerprint density at radius 2 is 2.17 bits per heavy atom. The van der Waals surface area contributed by atoms with Crippen molar-refractivity contribution in [3.8, 4) is 0 Å². The van der Waals surface area contributed by atoms with Gasteiger partial charge in [-0.1, -0.05) is 6.92 Å². The molecule has 3 amide bonds. The van der Waals surface area contributed by atoms with E-state index in [0.717, 1.165) is 4.90 Å². The standard InChI is InChI=1S/C11H19N3O4/c1-3-13(8-10(16)18-4-2)5-6-14-9(15)7-12-11(14)17/h3-8H2,1-2H3,(H,12,17). The number of carbonyl (C=O) groups is 3. The van der Waals surface area contributed by atoms with E-state index in [2.05, 4.69) is 5.32 Å². The van der Waals surface area contributed by atoms with E-state index in [4.69, 9.17) is 4.74 Å². The second-order valence-corrected chi connectivity index (χ2v) is 3.88. The maximum absolute atomic E-state index is 11.3. The van der Waals surface area contributed by atoms with Gasteiger partial charge in [0.25, 0.3) is 0 Å². The van der Waals surface area contributed by atoms with Crippen molar-refractivity contribution in [1.29, 1.82) is 0 Å². The molecule has 1 saturated heterocycles. The normalized spacial score (nSPS) is 15.2. The van der Waals surface area contributed by atoms with E-state index in [9.17, 15) is 14.4 Å². The summed E-state index contributed by atoms with van der Waals surface area (Å²) >= 11 is 0. The van der Waals surface area contributed by atoms with Crippen molar-refractivity contribution in [2.75, 3.05) is 39.3 Å². The van der Waals surface area contributed by atoms with Gasteiger partial charge in [0.15, 0.2) is 0 Å². The minimum atomic E-state index is -0.368. The number of amides is 3. The highest BCUT2D eigenvalue weighted by molar-refractivity contribution is 6.01. The van der Waals surface area contributed by atoms with Crippen LogP contribution in [-0.4, -0.2) is 67.0 Å². The molecular formula is C11H19N3O4. The molecule has 0 atom stereocenters. The van der Waals surface area contributed by atoms with E-state index in [1.54, 1.807) is 6.92 Å².